The van der Waals surface area contributed by atoms with E-state index in [0.717, 1.165) is 0 Å². The molecule has 1 atom stereocenters. The molecule has 2 aromatic rings. The number of aromatic nitrogens is 1. The highest BCUT2D eigenvalue weighted by Crippen LogP contribution is 2.19. The van der Waals surface area contributed by atoms with Crippen LogP contribution in [0.4, 0.5) is 5.69 Å². The number of ether oxygens (including phenoxy) is 1. The summed E-state index contributed by atoms with van der Waals surface area (Å²) in [4.78, 5) is 0. The summed E-state index contributed by atoms with van der Waals surface area (Å²) in [6.45, 7) is 0.446. The number of nitrogens with two attached hydrogens (primary N) is 1. The van der Waals surface area contributed by atoms with Gasteiger partial charge in [0.15, 0.2) is 0 Å². The van der Waals surface area contributed by atoms with Gasteiger partial charge in [-0.05, 0) is 24.3 Å². The molecule has 0 aliphatic rings. The Morgan fingerprint density at radius 1 is 1.21 bits per heavy atom. The van der Waals surface area contributed by atoms with E-state index in [0.29, 0.717) is 23.5 Å². The Morgan fingerprint density at radius 2 is 1.95 bits per heavy atom. The Morgan fingerprint density at radius 3 is 2.68 bits per heavy atom. The average molecular weight is 259 g/mol. The van der Waals surface area contributed by atoms with Gasteiger partial charge in [-0.15, -0.1) is 0 Å². The molecule has 1 unspecified atom stereocenters. The summed E-state index contributed by atoms with van der Waals surface area (Å²) in [6, 6.07) is 12.4. The highest BCUT2D eigenvalue weighted by molar-refractivity contribution is 5.51. The summed E-state index contributed by atoms with van der Waals surface area (Å²) in [6.07, 6.45) is 1.05. The van der Waals surface area contributed by atoms with Crippen molar-refractivity contribution >= 4 is 5.69 Å². The van der Waals surface area contributed by atoms with Crippen molar-refractivity contribution in [1.29, 1.82) is 5.41 Å². The number of anilines is 1. The lowest BCUT2D eigenvalue weighted by atomic mass is 10.3. The van der Waals surface area contributed by atoms with E-state index >= 15 is 0 Å². The summed E-state index contributed by atoms with van der Waals surface area (Å²) in [7, 11) is 0. The van der Waals surface area contributed by atoms with E-state index in [1.54, 1.807) is 35.0 Å². The zero-order valence-corrected chi connectivity index (χ0v) is 10.5. The third kappa shape index (κ3) is 3.59. The van der Waals surface area contributed by atoms with Crippen molar-refractivity contribution in [3.05, 3.63) is 54.1 Å². The number of pyridine rings is 1. The van der Waals surface area contributed by atoms with Gasteiger partial charge in [0.2, 0.25) is 0 Å². The molecule has 0 spiro atoms. The van der Waals surface area contributed by atoms with Crippen molar-refractivity contribution in [3.8, 4) is 5.75 Å². The highest BCUT2D eigenvalue weighted by atomic mass is 16.5. The summed E-state index contributed by atoms with van der Waals surface area (Å²) in [5.74, 6) is 0.561. The van der Waals surface area contributed by atoms with Crippen LogP contribution in [-0.4, -0.2) is 22.4 Å². The van der Waals surface area contributed by atoms with Crippen molar-refractivity contribution in [1.82, 2.24) is 4.57 Å². The Kier molecular flexibility index (Phi) is 4.20. The van der Waals surface area contributed by atoms with Crippen LogP contribution in [0.3, 0.4) is 0 Å². The molecule has 0 saturated heterocycles. The van der Waals surface area contributed by atoms with Gasteiger partial charge in [0, 0.05) is 6.20 Å². The zero-order valence-electron chi connectivity index (χ0n) is 10.5. The van der Waals surface area contributed by atoms with Crippen molar-refractivity contribution in [2.75, 3.05) is 12.3 Å². The largest absolute Gasteiger partial charge is 0.489 e. The lowest BCUT2D eigenvalue weighted by Crippen LogP contribution is -2.29. The second-order valence-corrected chi connectivity index (χ2v) is 4.24. The summed E-state index contributed by atoms with van der Waals surface area (Å²) in [5.41, 5.74) is 6.63. The van der Waals surface area contributed by atoms with Crippen LogP contribution in [0.15, 0.2) is 48.7 Å². The first-order valence-electron chi connectivity index (χ1n) is 6.02. The van der Waals surface area contributed by atoms with Gasteiger partial charge >= 0.3 is 0 Å². The molecule has 1 aromatic carbocycles. The van der Waals surface area contributed by atoms with E-state index in [4.69, 9.17) is 15.9 Å². The van der Waals surface area contributed by atoms with Gasteiger partial charge in [0.1, 0.15) is 23.9 Å². The van der Waals surface area contributed by atoms with E-state index in [1.807, 2.05) is 18.2 Å². The highest BCUT2D eigenvalue weighted by Gasteiger charge is 2.07. The molecular weight excluding hydrogens is 242 g/mol. The Bertz CT molecular complexity index is 595. The normalized spacial score (nSPS) is 12.1. The molecule has 5 heteroatoms. The van der Waals surface area contributed by atoms with Gasteiger partial charge in [-0.25, -0.2) is 0 Å². The second-order valence-electron chi connectivity index (χ2n) is 4.24. The quantitative estimate of drug-likeness (QED) is 0.700. The first kappa shape index (κ1) is 13.2. The molecular formula is C14H17N3O2. The summed E-state index contributed by atoms with van der Waals surface area (Å²) in [5, 5.41) is 17.6. The molecule has 4 N–H and O–H groups in total. The number of hydrogen-bond donors (Lipinski definition) is 3. The van der Waals surface area contributed by atoms with Crippen LogP contribution in [-0.2, 0) is 6.54 Å². The number of aliphatic hydroxyl groups is 1. The molecule has 0 radical (unpaired) electrons. The minimum atomic E-state index is -0.698. The standard InChI is InChI=1S/C14H17N3O2/c15-12-5-1-2-6-13(12)19-10-11(18)9-17-8-4-3-7-14(17)16/h1-8,11,16,18H,9-10,15H2. The lowest BCUT2D eigenvalue weighted by molar-refractivity contribution is 0.0916. The van der Waals surface area contributed by atoms with Crippen molar-refractivity contribution in [3.63, 3.8) is 0 Å². The van der Waals surface area contributed by atoms with Gasteiger partial charge < -0.3 is 20.1 Å². The van der Waals surface area contributed by atoms with Crippen LogP contribution in [0, 0.1) is 5.41 Å². The van der Waals surface area contributed by atoms with Crippen LogP contribution in [0.25, 0.3) is 0 Å². The Labute approximate surface area is 111 Å². The number of nitrogens with zero attached hydrogens (tertiary/aromatic N) is 1. The predicted molar refractivity (Wildman–Crippen MR) is 72.6 cm³/mol. The molecule has 100 valence electrons. The molecule has 0 amide bonds. The number of para-hydroxylation sites is 2. The van der Waals surface area contributed by atoms with Gasteiger partial charge in [0.25, 0.3) is 0 Å². The molecule has 0 fully saturated rings. The monoisotopic (exact) mass is 259 g/mol. The fourth-order valence-electron chi connectivity index (χ4n) is 1.71. The molecule has 2 rings (SSSR count). The van der Waals surface area contributed by atoms with Gasteiger partial charge in [-0.2, -0.15) is 0 Å². The van der Waals surface area contributed by atoms with Gasteiger partial charge in [-0.1, -0.05) is 18.2 Å². The third-order valence-electron chi connectivity index (χ3n) is 2.70. The number of benzene rings is 1. The summed E-state index contributed by atoms with van der Waals surface area (Å²) >= 11 is 0. The maximum atomic E-state index is 9.91. The molecule has 0 saturated carbocycles. The fourth-order valence-corrected chi connectivity index (χ4v) is 1.71. The average Bonchev–Trinajstić information content (AvgIpc) is 2.40. The van der Waals surface area contributed by atoms with Crippen molar-refractivity contribution in [2.24, 2.45) is 0 Å². The molecule has 1 aromatic heterocycles. The minimum Gasteiger partial charge on any atom is -0.489 e. The molecule has 0 aliphatic heterocycles. The smallest absolute Gasteiger partial charge is 0.142 e. The molecule has 0 bridgehead atoms. The minimum absolute atomic E-state index is 0.134. The fraction of sp³-hybridized carbons (Fsp3) is 0.214. The van der Waals surface area contributed by atoms with Crippen LogP contribution < -0.4 is 16.0 Å². The molecule has 0 aliphatic carbocycles. The van der Waals surface area contributed by atoms with E-state index in [-0.39, 0.29) is 6.61 Å². The number of rotatable bonds is 5. The van der Waals surface area contributed by atoms with Crippen LogP contribution >= 0.6 is 0 Å². The maximum absolute atomic E-state index is 9.91. The molecule has 1 heterocycles. The van der Waals surface area contributed by atoms with Crippen LogP contribution in [0.1, 0.15) is 0 Å². The number of aliphatic hydroxyl groups excluding tert-OH is 1. The van der Waals surface area contributed by atoms with E-state index < -0.39 is 6.10 Å². The van der Waals surface area contributed by atoms with E-state index in [9.17, 15) is 5.11 Å². The van der Waals surface area contributed by atoms with E-state index in [1.165, 1.54) is 0 Å². The number of hydrogen-bond acceptors (Lipinski definition) is 4. The first-order chi connectivity index (χ1) is 9.16. The van der Waals surface area contributed by atoms with Gasteiger partial charge in [0.05, 0.1) is 12.2 Å². The van der Waals surface area contributed by atoms with Crippen LogP contribution in [0.5, 0.6) is 5.75 Å². The second kappa shape index (κ2) is 6.06. The van der Waals surface area contributed by atoms with Crippen molar-refractivity contribution < 1.29 is 9.84 Å². The maximum Gasteiger partial charge on any atom is 0.142 e. The molecule has 5 nitrogen and oxygen atoms in total. The van der Waals surface area contributed by atoms with Crippen LogP contribution in [0.2, 0.25) is 0 Å². The first-order valence-corrected chi connectivity index (χ1v) is 6.02. The molecule has 19 heavy (non-hydrogen) atoms. The third-order valence-corrected chi connectivity index (χ3v) is 2.70. The van der Waals surface area contributed by atoms with Crippen molar-refractivity contribution in [2.45, 2.75) is 12.6 Å². The Hall–Kier alpha value is -2.27. The SMILES string of the molecule is N=c1ccccn1CC(O)COc1ccccc1N. The summed E-state index contributed by atoms with van der Waals surface area (Å²) < 4.78 is 7.12. The van der Waals surface area contributed by atoms with E-state index in [2.05, 4.69) is 0 Å². The number of nitrogen functional groups attached to an aromatic ring is 1. The topological polar surface area (TPSA) is 84.3 Å². The zero-order chi connectivity index (χ0) is 13.7. The van der Waals surface area contributed by atoms with Gasteiger partial charge in [-0.3, -0.25) is 5.41 Å². The Balaban J connectivity index is 1.92. The number of nitrogens with one attached hydrogen (secondary N) is 1. The lowest BCUT2D eigenvalue weighted by Gasteiger charge is -2.15. The predicted octanol–water partition coefficient (Wildman–Crippen LogP) is 0.990.